The van der Waals surface area contributed by atoms with Gasteiger partial charge in [-0.1, -0.05) is 24.3 Å². The number of nitrogens with zero attached hydrogens (tertiary/aromatic N) is 6. The summed E-state index contributed by atoms with van der Waals surface area (Å²) < 4.78 is 158. The average Bonchev–Trinajstić information content (AvgIpc) is 3.46. The number of thiazole rings is 1. The van der Waals surface area contributed by atoms with Crippen molar-refractivity contribution in [3.05, 3.63) is 124 Å². The highest BCUT2D eigenvalue weighted by Gasteiger charge is 2.72. The van der Waals surface area contributed by atoms with E-state index in [9.17, 15) is 49.1 Å². The quantitative estimate of drug-likeness (QED) is 0.132. The maximum Gasteiger partial charge on any atom is 0.435 e. The molecule has 1 saturated heterocycles. The number of nitrogens with one attached hydrogen (secondary N) is 1. The smallest absolute Gasteiger partial charge is 0.368 e. The van der Waals surface area contributed by atoms with Crippen LogP contribution in [0.15, 0.2) is 66.7 Å². The minimum atomic E-state index is -5.12. The third-order valence-corrected chi connectivity index (χ3v) is 13.1. The van der Waals surface area contributed by atoms with Gasteiger partial charge in [0.15, 0.2) is 16.5 Å². The van der Waals surface area contributed by atoms with Crippen LogP contribution in [0.1, 0.15) is 63.0 Å². The second-order valence-electron chi connectivity index (χ2n) is 16.2. The highest BCUT2D eigenvalue weighted by molar-refractivity contribution is 7.22. The number of carbonyl (C=O) groups is 2. The van der Waals surface area contributed by atoms with Crippen LogP contribution >= 0.6 is 11.3 Å². The maximum atomic E-state index is 15.7. The molecule has 2 fully saturated rings. The largest absolute Gasteiger partial charge is 0.435 e. The number of alkyl halides is 8. The van der Waals surface area contributed by atoms with E-state index in [0.29, 0.717) is 52.4 Å². The third kappa shape index (κ3) is 8.09. The zero-order chi connectivity index (χ0) is 46.5. The normalized spacial score (nSPS) is 19.6. The first-order chi connectivity index (χ1) is 30.6. The monoisotopic (exact) mass is 934 g/mol. The van der Waals surface area contributed by atoms with Gasteiger partial charge in [0, 0.05) is 60.9 Å². The van der Waals surface area contributed by atoms with Crippen molar-refractivity contribution in [2.75, 3.05) is 36.0 Å². The van der Waals surface area contributed by atoms with E-state index >= 15 is 8.78 Å². The van der Waals surface area contributed by atoms with Gasteiger partial charge in [0.1, 0.15) is 29.7 Å². The van der Waals surface area contributed by atoms with Gasteiger partial charge in [-0.15, -0.1) is 0 Å². The van der Waals surface area contributed by atoms with Gasteiger partial charge in [0.2, 0.25) is 5.91 Å². The van der Waals surface area contributed by atoms with Crippen LogP contribution in [0.2, 0.25) is 0 Å². The number of hydrogen-bond acceptors (Lipinski definition) is 8. The van der Waals surface area contributed by atoms with Crippen LogP contribution in [0.3, 0.4) is 0 Å². The number of primary amides is 1. The van der Waals surface area contributed by atoms with Crippen LogP contribution in [0.4, 0.5) is 59.1 Å². The number of fused-ring (bicyclic) bond motifs is 4. The van der Waals surface area contributed by atoms with Gasteiger partial charge in [-0.2, -0.15) is 45.2 Å². The van der Waals surface area contributed by atoms with E-state index in [2.05, 4.69) is 10.4 Å². The molecule has 1 saturated carbocycles. The second kappa shape index (κ2) is 15.7. The minimum absolute atomic E-state index is 0.0394. The molecule has 0 spiro atoms. The number of anilines is 2. The number of aromatic nitrogens is 4. The van der Waals surface area contributed by atoms with Crippen molar-refractivity contribution in [2.45, 2.75) is 50.1 Å². The summed E-state index contributed by atoms with van der Waals surface area (Å²) in [5.41, 5.74) is 1.73. The Morgan fingerprint density at radius 3 is 2.17 bits per heavy atom. The first kappa shape index (κ1) is 43.9. The predicted octanol–water partition coefficient (Wildman–Crippen LogP) is 8.99. The lowest BCUT2D eigenvalue weighted by Crippen LogP contribution is -2.46. The van der Waals surface area contributed by atoms with Crippen LogP contribution in [-0.4, -0.2) is 57.7 Å². The maximum absolute atomic E-state index is 15.7. The van der Waals surface area contributed by atoms with Crippen LogP contribution in [-0.2, 0) is 36.0 Å². The van der Waals surface area contributed by atoms with Crippen LogP contribution in [0, 0.1) is 29.3 Å². The average molecular weight is 935 g/mol. The van der Waals surface area contributed by atoms with Gasteiger partial charge in [-0.05, 0) is 78.1 Å². The summed E-state index contributed by atoms with van der Waals surface area (Å²) >= 11 is 1.17. The Morgan fingerprint density at radius 1 is 0.877 bits per heavy atom. The van der Waals surface area contributed by atoms with Gasteiger partial charge in [0.25, 0.3) is 11.8 Å². The van der Waals surface area contributed by atoms with Crippen molar-refractivity contribution in [1.29, 1.82) is 0 Å². The van der Waals surface area contributed by atoms with Gasteiger partial charge >= 0.3 is 12.4 Å². The number of halogens is 11. The Balaban J connectivity index is 1.09. The molecule has 3 aromatic carbocycles. The topological polar surface area (TPSA) is 122 Å². The summed E-state index contributed by atoms with van der Waals surface area (Å²) in [5, 5.41) is 6.50. The lowest BCUT2D eigenvalue weighted by molar-refractivity contribution is -0.142. The summed E-state index contributed by atoms with van der Waals surface area (Å²) in [4.78, 5) is 39.6. The molecule has 3 aliphatic rings. The number of rotatable bonds is 10. The molecule has 6 aromatic rings. The van der Waals surface area contributed by atoms with Crippen molar-refractivity contribution in [3.8, 4) is 11.1 Å². The molecular formula is C43H33F11N8O2S. The van der Waals surface area contributed by atoms with Crippen molar-refractivity contribution in [2.24, 2.45) is 17.6 Å². The summed E-state index contributed by atoms with van der Waals surface area (Å²) in [6, 6.07) is 10.7. The predicted molar refractivity (Wildman–Crippen MR) is 215 cm³/mol. The summed E-state index contributed by atoms with van der Waals surface area (Å²) in [6.45, 7) is 1.81. The second-order valence-corrected chi connectivity index (χ2v) is 17.2. The molecule has 4 heterocycles. The molecule has 10 nitrogen and oxygen atoms in total. The SMILES string of the molecule is CC1C2c3c(C(F)(F)F)nn(CC(=O)N[C@@H](Cc4cc(F)cc(F)c4)c4nc5nc(N6CCN(c7ccc(C(F)(F)F)cc7)CC6)sc5cc4-c4ccc(F)c(C(N)=O)c4)c3C(F)(F)C12. The molecule has 65 heavy (non-hydrogen) atoms. The number of carbonyl (C=O) groups excluding carboxylic acids is 2. The number of benzene rings is 3. The van der Waals surface area contributed by atoms with Gasteiger partial charge < -0.3 is 20.9 Å². The lowest BCUT2D eigenvalue weighted by atomic mass is 9.94. The van der Waals surface area contributed by atoms with Crippen molar-refractivity contribution in [3.63, 3.8) is 0 Å². The molecule has 0 radical (unpaired) electrons. The van der Waals surface area contributed by atoms with E-state index in [4.69, 9.17) is 15.7 Å². The number of hydrogen-bond donors (Lipinski definition) is 2. The van der Waals surface area contributed by atoms with E-state index in [1.165, 1.54) is 36.5 Å². The molecule has 2 amide bonds. The number of amides is 2. The molecule has 3 aromatic heterocycles. The van der Waals surface area contributed by atoms with E-state index in [-0.39, 0.29) is 28.0 Å². The molecule has 1 aliphatic heterocycles. The fourth-order valence-corrected chi connectivity index (χ4v) is 10.0. The molecule has 340 valence electrons. The standard InChI is InChI=1S/C43H33F11N8O2S/c1-19-32-33-36(43(52,53)54)59-62(37(33)41(47,48)34(19)32)18-31(63)56-29(14-20-12-23(44)16-24(45)13-20)35-26(21-2-7-28(46)27(15-21)38(55)64)17-30-39(57-35)58-40(65-30)61-10-8-60(9-11-61)25-5-3-22(4-6-25)42(49,50)51/h2-7,12-13,15-17,19,29,32,34H,8-11,14,18H2,1H3,(H2,55,64)(H,56,63)/t19?,29-,32?,34?/m0/s1. The lowest BCUT2D eigenvalue weighted by Gasteiger charge is -2.36. The number of nitrogens with two attached hydrogens (primary N) is 1. The van der Waals surface area contributed by atoms with E-state index in [1.54, 1.807) is 6.07 Å². The highest BCUT2D eigenvalue weighted by atomic mass is 32.1. The molecule has 0 bridgehead atoms. The zero-order valence-electron chi connectivity index (χ0n) is 33.5. The summed E-state index contributed by atoms with van der Waals surface area (Å²) in [5.74, 6) is -12.3. The first-order valence-electron chi connectivity index (χ1n) is 20.0. The molecule has 22 heteroatoms. The van der Waals surface area contributed by atoms with Crippen LogP contribution < -0.4 is 20.9 Å². The third-order valence-electron chi connectivity index (χ3n) is 12.1. The Hall–Kier alpha value is -6.32. The molecule has 4 atom stereocenters. The van der Waals surface area contributed by atoms with Crippen molar-refractivity contribution >= 4 is 44.3 Å². The van der Waals surface area contributed by atoms with Gasteiger partial charge in [-0.3, -0.25) is 14.3 Å². The van der Waals surface area contributed by atoms with Gasteiger partial charge in [-0.25, -0.2) is 18.2 Å². The fourth-order valence-electron chi connectivity index (χ4n) is 9.04. The molecule has 3 N–H and O–H groups in total. The van der Waals surface area contributed by atoms with Crippen molar-refractivity contribution in [1.82, 2.24) is 25.1 Å². The van der Waals surface area contributed by atoms with E-state index in [1.807, 2.05) is 9.80 Å². The Labute approximate surface area is 364 Å². The minimum Gasteiger partial charge on any atom is -0.368 e. The number of piperazine rings is 1. The molecule has 2 aliphatic carbocycles. The van der Waals surface area contributed by atoms with Gasteiger partial charge in [0.05, 0.1) is 27.6 Å². The highest BCUT2D eigenvalue weighted by Crippen LogP contribution is 2.71. The zero-order valence-corrected chi connectivity index (χ0v) is 34.4. The Kier molecular flexibility index (Phi) is 10.6. The Bertz CT molecular complexity index is 2850. The van der Waals surface area contributed by atoms with E-state index < -0.39 is 112 Å². The summed E-state index contributed by atoms with van der Waals surface area (Å²) in [6.07, 6.45) is -10.1. The molecule has 3 unspecified atom stereocenters. The fraction of sp³-hybridized carbons (Fsp3) is 0.326. The number of pyridine rings is 1. The van der Waals surface area contributed by atoms with Crippen LogP contribution in [0.5, 0.6) is 0 Å². The molecular weight excluding hydrogens is 902 g/mol. The first-order valence-corrected chi connectivity index (χ1v) is 20.8. The summed E-state index contributed by atoms with van der Waals surface area (Å²) in [7, 11) is 0. The van der Waals surface area contributed by atoms with E-state index in [0.717, 1.165) is 36.4 Å². The Morgan fingerprint density at radius 2 is 1.54 bits per heavy atom. The van der Waals surface area contributed by atoms with Crippen molar-refractivity contribution < 1.29 is 57.9 Å². The molecule has 9 rings (SSSR count). The van der Waals surface area contributed by atoms with Crippen LogP contribution in [0.25, 0.3) is 21.5 Å².